The Morgan fingerprint density at radius 2 is 1.65 bits per heavy atom. The molecule has 2 amide bonds. The molecule has 0 unspecified atom stereocenters. The first-order valence-corrected chi connectivity index (χ1v) is 11.1. The van der Waals surface area contributed by atoms with E-state index in [1.165, 1.54) is 29.2 Å². The molecule has 0 aliphatic carbocycles. The Balaban J connectivity index is 1.35. The molecule has 0 bridgehead atoms. The van der Waals surface area contributed by atoms with Gasteiger partial charge in [-0.05, 0) is 24.3 Å². The first kappa shape index (κ1) is 23.1. The van der Waals surface area contributed by atoms with Crippen LogP contribution in [0.25, 0.3) is 11.3 Å². The Hall–Kier alpha value is -4.07. The lowest BCUT2D eigenvalue weighted by atomic mass is 10.1. The number of hydrogen-bond donors (Lipinski definition) is 0. The zero-order valence-corrected chi connectivity index (χ0v) is 18.8. The maximum absolute atomic E-state index is 14.1. The second-order valence-electron chi connectivity index (χ2n) is 7.96. The number of nitrogens with zero attached hydrogens (tertiary/aromatic N) is 5. The highest BCUT2D eigenvalue weighted by Gasteiger charge is 2.26. The molecule has 1 aliphatic heterocycles. The van der Waals surface area contributed by atoms with Crippen LogP contribution in [0.2, 0.25) is 0 Å². The highest BCUT2D eigenvalue weighted by atomic mass is 19.1. The molecule has 7 nitrogen and oxygen atoms in total. The van der Waals surface area contributed by atoms with Gasteiger partial charge in [-0.25, -0.2) is 4.39 Å². The van der Waals surface area contributed by atoms with Gasteiger partial charge in [0.1, 0.15) is 12.4 Å². The largest absolute Gasteiger partial charge is 0.352 e. The van der Waals surface area contributed by atoms with Crippen molar-refractivity contribution in [3.05, 3.63) is 90.8 Å². The summed E-state index contributed by atoms with van der Waals surface area (Å²) in [5.74, 6) is -0.563. The van der Waals surface area contributed by atoms with Gasteiger partial charge in [-0.15, -0.1) is 16.8 Å². The molecule has 8 heteroatoms. The predicted molar refractivity (Wildman–Crippen MR) is 129 cm³/mol. The maximum Gasteiger partial charge on any atom is 0.257 e. The maximum atomic E-state index is 14.1. The van der Waals surface area contributed by atoms with Crippen LogP contribution in [0.4, 0.5) is 10.2 Å². The molecule has 2 heterocycles. The molecule has 0 spiro atoms. The molecule has 1 aliphatic rings. The number of rotatable bonds is 7. The molecule has 3 aromatic rings. The molecule has 34 heavy (non-hydrogen) atoms. The van der Waals surface area contributed by atoms with Crippen molar-refractivity contribution in [1.82, 2.24) is 20.0 Å². The Morgan fingerprint density at radius 3 is 2.29 bits per heavy atom. The van der Waals surface area contributed by atoms with Gasteiger partial charge in [-0.2, -0.15) is 0 Å². The number of hydrogen-bond acceptors (Lipinski definition) is 5. The third-order valence-corrected chi connectivity index (χ3v) is 5.74. The van der Waals surface area contributed by atoms with E-state index >= 15 is 0 Å². The fraction of sp³-hybridized carbons (Fsp3) is 0.231. The summed E-state index contributed by atoms with van der Waals surface area (Å²) < 4.78 is 14.1. The van der Waals surface area contributed by atoms with Crippen LogP contribution in [0.3, 0.4) is 0 Å². The van der Waals surface area contributed by atoms with Crippen LogP contribution in [0.1, 0.15) is 10.4 Å². The van der Waals surface area contributed by atoms with E-state index in [-0.39, 0.29) is 24.6 Å². The lowest BCUT2D eigenvalue weighted by Gasteiger charge is -2.36. The summed E-state index contributed by atoms with van der Waals surface area (Å²) in [5.41, 5.74) is 1.76. The van der Waals surface area contributed by atoms with Gasteiger partial charge < -0.3 is 14.7 Å². The van der Waals surface area contributed by atoms with Crippen LogP contribution in [0, 0.1) is 5.82 Å². The molecular formula is C26H26FN5O2. The summed E-state index contributed by atoms with van der Waals surface area (Å²) in [6.45, 7) is 5.88. The van der Waals surface area contributed by atoms with Gasteiger partial charge in [-0.3, -0.25) is 9.59 Å². The van der Waals surface area contributed by atoms with Crippen LogP contribution < -0.4 is 4.90 Å². The van der Waals surface area contributed by atoms with Crippen molar-refractivity contribution in [3.63, 3.8) is 0 Å². The zero-order valence-electron chi connectivity index (χ0n) is 18.8. The minimum absolute atomic E-state index is 0.0560. The van der Waals surface area contributed by atoms with Crippen LogP contribution in [0.5, 0.6) is 0 Å². The topological polar surface area (TPSA) is 69.6 Å². The van der Waals surface area contributed by atoms with Gasteiger partial charge in [0.25, 0.3) is 5.91 Å². The van der Waals surface area contributed by atoms with Gasteiger partial charge in [0.2, 0.25) is 5.91 Å². The lowest BCUT2D eigenvalue weighted by molar-refractivity contribution is -0.132. The Kier molecular flexibility index (Phi) is 7.27. The molecule has 1 aromatic heterocycles. The van der Waals surface area contributed by atoms with Crippen LogP contribution in [-0.2, 0) is 4.79 Å². The van der Waals surface area contributed by atoms with Gasteiger partial charge in [0, 0.05) is 38.3 Å². The monoisotopic (exact) mass is 459 g/mol. The number of anilines is 1. The van der Waals surface area contributed by atoms with Crippen LogP contribution in [-0.4, -0.2) is 71.1 Å². The first-order valence-electron chi connectivity index (χ1n) is 11.1. The van der Waals surface area contributed by atoms with E-state index in [0.29, 0.717) is 26.2 Å². The Labute approximate surface area is 198 Å². The number of amides is 2. The third-order valence-electron chi connectivity index (χ3n) is 5.74. The van der Waals surface area contributed by atoms with Gasteiger partial charge in [0.05, 0.1) is 11.3 Å². The van der Waals surface area contributed by atoms with Crippen molar-refractivity contribution in [2.75, 3.05) is 44.2 Å². The smallest absolute Gasteiger partial charge is 0.257 e. The molecule has 0 N–H and O–H groups in total. The summed E-state index contributed by atoms with van der Waals surface area (Å²) in [5, 5.41) is 8.70. The molecule has 174 valence electrons. The summed E-state index contributed by atoms with van der Waals surface area (Å²) in [6.07, 6.45) is 1.53. The standard InChI is InChI=1S/C26H26FN5O2/c1-2-14-32(26(34)21-10-6-7-11-22(21)27)19-25(33)31-17-15-30(16-18-31)24-13-12-23(28-29-24)20-8-4-3-5-9-20/h2-13H,1,14-19H2. The average molecular weight is 460 g/mol. The summed E-state index contributed by atoms with van der Waals surface area (Å²) >= 11 is 0. The number of carbonyl (C=O) groups is 2. The van der Waals surface area contributed by atoms with Crippen molar-refractivity contribution >= 4 is 17.6 Å². The second kappa shape index (κ2) is 10.7. The molecule has 0 atom stereocenters. The minimum Gasteiger partial charge on any atom is -0.352 e. The van der Waals surface area contributed by atoms with E-state index in [0.717, 1.165) is 17.1 Å². The van der Waals surface area contributed by atoms with E-state index in [1.807, 2.05) is 42.5 Å². The van der Waals surface area contributed by atoms with Crippen molar-refractivity contribution in [2.45, 2.75) is 0 Å². The number of aromatic nitrogens is 2. The van der Waals surface area contributed by atoms with E-state index in [9.17, 15) is 14.0 Å². The predicted octanol–water partition coefficient (Wildman–Crippen LogP) is 3.26. The van der Waals surface area contributed by atoms with Crippen molar-refractivity contribution < 1.29 is 14.0 Å². The van der Waals surface area contributed by atoms with Crippen molar-refractivity contribution in [1.29, 1.82) is 0 Å². The highest BCUT2D eigenvalue weighted by Crippen LogP contribution is 2.19. The van der Waals surface area contributed by atoms with E-state index in [2.05, 4.69) is 21.7 Å². The van der Waals surface area contributed by atoms with Crippen LogP contribution in [0.15, 0.2) is 79.4 Å². The Morgan fingerprint density at radius 1 is 0.941 bits per heavy atom. The molecule has 4 rings (SSSR count). The van der Waals surface area contributed by atoms with E-state index in [1.54, 1.807) is 11.0 Å². The summed E-state index contributed by atoms with van der Waals surface area (Å²) in [7, 11) is 0. The molecular weight excluding hydrogens is 433 g/mol. The van der Waals surface area contributed by atoms with Crippen molar-refractivity contribution in [3.8, 4) is 11.3 Å². The Bertz CT molecular complexity index is 1150. The van der Waals surface area contributed by atoms with E-state index in [4.69, 9.17) is 0 Å². The summed E-state index contributed by atoms with van der Waals surface area (Å²) in [6, 6.07) is 19.5. The number of piperazine rings is 1. The third kappa shape index (κ3) is 5.28. The molecule has 2 aromatic carbocycles. The van der Waals surface area contributed by atoms with E-state index < -0.39 is 11.7 Å². The van der Waals surface area contributed by atoms with Crippen LogP contribution >= 0.6 is 0 Å². The number of benzene rings is 2. The number of carbonyl (C=O) groups excluding carboxylic acids is 2. The first-order chi connectivity index (χ1) is 16.6. The lowest BCUT2D eigenvalue weighted by Crippen LogP contribution is -2.52. The average Bonchev–Trinajstić information content (AvgIpc) is 2.89. The molecule has 1 fully saturated rings. The molecule has 0 saturated carbocycles. The summed E-state index contributed by atoms with van der Waals surface area (Å²) in [4.78, 5) is 30.8. The second-order valence-corrected chi connectivity index (χ2v) is 7.96. The fourth-order valence-corrected chi connectivity index (χ4v) is 3.89. The number of halogens is 1. The quantitative estimate of drug-likeness (QED) is 0.508. The SMILES string of the molecule is C=CCN(CC(=O)N1CCN(c2ccc(-c3ccccc3)nn2)CC1)C(=O)c1ccccc1F. The fourth-order valence-electron chi connectivity index (χ4n) is 3.89. The van der Waals surface area contributed by atoms with Gasteiger partial charge >= 0.3 is 0 Å². The molecule has 0 radical (unpaired) electrons. The van der Waals surface area contributed by atoms with Gasteiger partial charge in [-0.1, -0.05) is 48.5 Å². The van der Waals surface area contributed by atoms with Crippen molar-refractivity contribution in [2.24, 2.45) is 0 Å². The normalized spacial score (nSPS) is 13.4. The minimum atomic E-state index is -0.609. The highest BCUT2D eigenvalue weighted by molar-refractivity contribution is 5.96. The zero-order chi connectivity index (χ0) is 23.9. The van der Waals surface area contributed by atoms with Gasteiger partial charge in [0.15, 0.2) is 5.82 Å². The molecule has 1 saturated heterocycles.